The van der Waals surface area contributed by atoms with Crippen molar-refractivity contribution in [2.75, 3.05) is 13.1 Å². The molecule has 0 radical (unpaired) electrons. The minimum Gasteiger partial charge on any atom is -0.444 e. The lowest BCUT2D eigenvalue weighted by Crippen LogP contribution is -2.58. The van der Waals surface area contributed by atoms with Crippen LogP contribution in [0.1, 0.15) is 99.3 Å². The smallest absolute Gasteiger partial charge is 0.408 e. The first-order chi connectivity index (χ1) is 18.3. The topological polar surface area (TPSA) is 134 Å². The van der Waals surface area contributed by atoms with E-state index in [2.05, 4.69) is 29.8 Å². The van der Waals surface area contributed by atoms with Gasteiger partial charge in [0.25, 0.3) is 5.91 Å². The lowest BCUT2D eigenvalue weighted by molar-refractivity contribution is -0.144. The van der Waals surface area contributed by atoms with E-state index in [1.54, 1.807) is 32.6 Å². The first-order valence-electron chi connectivity index (χ1n) is 14.7. The molecular weight excluding hydrogens is 500 g/mol. The summed E-state index contributed by atoms with van der Waals surface area (Å²) in [4.78, 5) is 67.2. The number of ether oxygens (including phenoxy) is 1. The van der Waals surface area contributed by atoms with Gasteiger partial charge in [-0.05, 0) is 57.8 Å². The number of nitrogens with zero attached hydrogens (tertiary/aromatic N) is 1. The first kappa shape index (κ1) is 30.9. The van der Waals surface area contributed by atoms with Crippen molar-refractivity contribution in [1.29, 1.82) is 0 Å². The van der Waals surface area contributed by atoms with Crippen molar-refractivity contribution in [3.05, 3.63) is 0 Å². The number of Topliss-reactive ketones (excluding diaryl/α,β-unsaturated/α-hetero) is 1. The van der Waals surface area contributed by atoms with Gasteiger partial charge in [0.1, 0.15) is 17.7 Å². The zero-order valence-electron chi connectivity index (χ0n) is 24.6. The quantitative estimate of drug-likeness (QED) is 0.463. The average molecular weight is 549 g/mol. The average Bonchev–Trinajstić information content (AvgIpc) is 3.16. The lowest BCUT2D eigenvalue weighted by Gasteiger charge is -2.34. The maximum Gasteiger partial charge on any atom is 0.408 e. The normalized spacial score (nSPS) is 29.9. The Morgan fingerprint density at radius 1 is 1.00 bits per heavy atom. The van der Waals surface area contributed by atoms with E-state index < -0.39 is 47.4 Å². The number of nitrogens with one attached hydrogen (secondary N) is 3. The van der Waals surface area contributed by atoms with Gasteiger partial charge in [-0.3, -0.25) is 19.2 Å². The summed E-state index contributed by atoms with van der Waals surface area (Å²) in [5.41, 5.74) is -0.828. The fourth-order valence-corrected chi connectivity index (χ4v) is 6.23. The summed E-state index contributed by atoms with van der Waals surface area (Å²) < 4.78 is 5.43. The van der Waals surface area contributed by atoms with Crippen molar-refractivity contribution >= 4 is 29.6 Å². The molecule has 220 valence electrons. The lowest BCUT2D eigenvalue weighted by atomic mass is 9.96. The Kier molecular flexibility index (Phi) is 10.0. The number of ketones is 1. The second-order valence-electron chi connectivity index (χ2n) is 12.9. The number of alkyl carbamates (subject to hydrolysis) is 1. The second-order valence-corrected chi connectivity index (χ2v) is 12.9. The van der Waals surface area contributed by atoms with Crippen molar-refractivity contribution in [1.82, 2.24) is 20.9 Å². The third-order valence-corrected chi connectivity index (χ3v) is 8.43. The molecule has 3 aliphatic rings. The molecule has 10 nitrogen and oxygen atoms in total. The Bertz CT molecular complexity index is 943. The van der Waals surface area contributed by atoms with E-state index >= 15 is 0 Å². The van der Waals surface area contributed by atoms with Crippen LogP contribution in [-0.4, -0.2) is 71.3 Å². The molecule has 4 amide bonds. The van der Waals surface area contributed by atoms with Crippen molar-refractivity contribution < 1.29 is 28.7 Å². The predicted molar refractivity (Wildman–Crippen MR) is 147 cm³/mol. The second kappa shape index (κ2) is 12.7. The van der Waals surface area contributed by atoms with E-state index in [-0.39, 0.29) is 23.2 Å². The molecular formula is C29H48N4O6. The molecule has 2 heterocycles. The summed E-state index contributed by atoms with van der Waals surface area (Å²) in [6, 6.07) is -2.51. The maximum absolute atomic E-state index is 13.9. The van der Waals surface area contributed by atoms with E-state index in [0.29, 0.717) is 25.9 Å². The number of hydrogen-bond donors (Lipinski definition) is 3. The van der Waals surface area contributed by atoms with Crippen molar-refractivity contribution in [3.8, 4) is 0 Å². The van der Waals surface area contributed by atoms with E-state index in [9.17, 15) is 24.0 Å². The van der Waals surface area contributed by atoms with Crippen LogP contribution >= 0.6 is 0 Å². The molecule has 5 atom stereocenters. The van der Waals surface area contributed by atoms with Crippen LogP contribution in [0.25, 0.3) is 0 Å². The molecule has 10 heteroatoms. The molecule has 39 heavy (non-hydrogen) atoms. The van der Waals surface area contributed by atoms with Gasteiger partial charge in [0, 0.05) is 13.1 Å². The minimum atomic E-state index is -0.939. The highest BCUT2D eigenvalue weighted by atomic mass is 16.6. The van der Waals surface area contributed by atoms with Crippen molar-refractivity contribution in [3.63, 3.8) is 0 Å². The maximum atomic E-state index is 13.9. The summed E-state index contributed by atoms with van der Waals surface area (Å²) in [6.45, 7) is 11.9. The zero-order chi connectivity index (χ0) is 29.0. The molecule has 0 aromatic carbocycles. The number of carbonyl (C=O) groups is 5. The van der Waals surface area contributed by atoms with Gasteiger partial charge in [-0.25, -0.2) is 4.79 Å². The molecule has 2 aliphatic heterocycles. The minimum absolute atomic E-state index is 0.0530. The van der Waals surface area contributed by atoms with Crippen LogP contribution in [0.4, 0.5) is 4.79 Å². The highest BCUT2D eigenvalue weighted by Crippen LogP contribution is 2.65. The number of fused-ring (bicyclic) bond motifs is 3. The van der Waals surface area contributed by atoms with Crippen LogP contribution in [0.15, 0.2) is 0 Å². The molecule has 0 aromatic rings. The fraction of sp³-hybridized carbons (Fsp3) is 0.828. The van der Waals surface area contributed by atoms with Crippen LogP contribution in [0.3, 0.4) is 0 Å². The van der Waals surface area contributed by atoms with Gasteiger partial charge in [0.2, 0.25) is 17.6 Å². The van der Waals surface area contributed by atoms with E-state index in [1.807, 2.05) is 0 Å². The van der Waals surface area contributed by atoms with Gasteiger partial charge < -0.3 is 25.6 Å². The van der Waals surface area contributed by atoms with E-state index in [1.165, 1.54) is 0 Å². The van der Waals surface area contributed by atoms with E-state index in [0.717, 1.165) is 44.9 Å². The number of carbonyl (C=O) groups excluding carboxylic acids is 5. The van der Waals surface area contributed by atoms with Crippen molar-refractivity contribution in [2.45, 2.75) is 123 Å². The number of hydrogen-bond acceptors (Lipinski definition) is 6. The number of amides is 4. The molecule has 3 N–H and O–H groups in total. The molecule has 3 rings (SSSR count). The largest absolute Gasteiger partial charge is 0.444 e. The van der Waals surface area contributed by atoms with Gasteiger partial charge in [-0.15, -0.1) is 0 Å². The number of rotatable bonds is 4. The van der Waals surface area contributed by atoms with Gasteiger partial charge in [0.15, 0.2) is 0 Å². The third-order valence-electron chi connectivity index (χ3n) is 8.43. The van der Waals surface area contributed by atoms with Crippen LogP contribution in [0.5, 0.6) is 0 Å². The molecule has 2 saturated heterocycles. The summed E-state index contributed by atoms with van der Waals surface area (Å²) in [5, 5.41) is 8.17. The summed E-state index contributed by atoms with van der Waals surface area (Å²) in [6.07, 6.45) is 6.53. The molecule has 0 spiro atoms. The monoisotopic (exact) mass is 548 g/mol. The van der Waals surface area contributed by atoms with Crippen LogP contribution in [0.2, 0.25) is 0 Å². The Hall–Kier alpha value is -2.65. The Morgan fingerprint density at radius 3 is 2.18 bits per heavy atom. The third kappa shape index (κ3) is 7.72. The van der Waals surface area contributed by atoms with Gasteiger partial charge >= 0.3 is 6.09 Å². The number of likely N-dealkylation sites (N-methyl/N-ethyl adjacent to an activating group) is 1. The van der Waals surface area contributed by atoms with E-state index in [4.69, 9.17) is 4.74 Å². The summed E-state index contributed by atoms with van der Waals surface area (Å²) in [5.74, 6) is -1.97. The first-order valence-corrected chi connectivity index (χ1v) is 14.7. The van der Waals surface area contributed by atoms with Crippen molar-refractivity contribution in [2.24, 2.45) is 17.3 Å². The zero-order valence-corrected chi connectivity index (χ0v) is 24.6. The summed E-state index contributed by atoms with van der Waals surface area (Å²) in [7, 11) is 0. The molecule has 1 saturated carbocycles. The van der Waals surface area contributed by atoms with Gasteiger partial charge in [-0.2, -0.15) is 0 Å². The fourth-order valence-electron chi connectivity index (χ4n) is 6.23. The molecule has 1 aliphatic carbocycles. The van der Waals surface area contributed by atoms with Gasteiger partial charge in [-0.1, -0.05) is 58.8 Å². The van der Waals surface area contributed by atoms with Crippen LogP contribution in [0, 0.1) is 17.3 Å². The highest BCUT2D eigenvalue weighted by molar-refractivity contribution is 6.38. The van der Waals surface area contributed by atoms with Crippen LogP contribution in [-0.2, 0) is 23.9 Å². The molecule has 0 aromatic heterocycles. The molecule has 0 bridgehead atoms. The highest BCUT2D eigenvalue weighted by Gasteiger charge is 2.69. The van der Waals surface area contributed by atoms with Crippen LogP contribution < -0.4 is 16.0 Å². The Labute approximate surface area is 232 Å². The SMILES string of the molecule is CCNC(=O)C(=O)[C@@H]1CCCCCCCCC[C@H](NC(=O)OC(C)(C)C)C(=O)N2C[C@H]3[C@@H]([C@H]2C(=O)N1)C3(C)C. The Morgan fingerprint density at radius 2 is 1.59 bits per heavy atom. The summed E-state index contributed by atoms with van der Waals surface area (Å²) >= 11 is 0. The Balaban J connectivity index is 1.87. The predicted octanol–water partition coefficient (Wildman–Crippen LogP) is 3.08. The van der Waals surface area contributed by atoms with Gasteiger partial charge in [0.05, 0.1) is 6.04 Å². The molecule has 3 fully saturated rings. The molecule has 0 unspecified atom stereocenters. The standard InChI is InChI=1S/C29H48N4O6/c1-7-30-25(36)23(34)19-15-13-11-9-8-10-12-14-16-20(32-27(38)39-28(2,3)4)26(37)33-17-18-21(29(18,5)6)22(33)24(35)31-19/h18-22H,7-17H2,1-6H3,(H,30,36)(H,31,35)(H,32,38)/t18-,19-,20-,21-,22-/m0/s1. The number of piperidine rings is 1.